The average Bonchev–Trinajstić information content (AvgIpc) is 3.22. The molecule has 1 N–H and O–H groups in total. The van der Waals surface area contributed by atoms with E-state index < -0.39 is 5.91 Å². The van der Waals surface area contributed by atoms with Crippen LogP contribution in [0.1, 0.15) is 31.0 Å². The number of nitriles is 1. The van der Waals surface area contributed by atoms with Crippen LogP contribution in [-0.2, 0) is 4.79 Å². The van der Waals surface area contributed by atoms with Crippen LogP contribution in [0, 0.1) is 11.3 Å². The minimum Gasteiger partial charge on any atom is -0.494 e. The van der Waals surface area contributed by atoms with Gasteiger partial charge in [0.15, 0.2) is 5.57 Å². The summed E-state index contributed by atoms with van der Waals surface area (Å²) in [5, 5.41) is 12.9. The van der Waals surface area contributed by atoms with Crippen molar-refractivity contribution in [1.29, 1.82) is 5.26 Å². The van der Waals surface area contributed by atoms with Crippen molar-refractivity contribution in [2.45, 2.75) is 19.9 Å². The first kappa shape index (κ1) is 24.7. The van der Waals surface area contributed by atoms with Crippen LogP contribution < -0.4 is 24.8 Å². The van der Waals surface area contributed by atoms with Crippen LogP contribution in [0.2, 0.25) is 0 Å². The van der Waals surface area contributed by atoms with E-state index in [1.54, 1.807) is 18.2 Å². The van der Waals surface area contributed by atoms with Crippen LogP contribution in [-0.4, -0.2) is 17.1 Å². The largest absolute Gasteiger partial charge is 0.494 e. The van der Waals surface area contributed by atoms with E-state index in [1.165, 1.54) is 4.57 Å². The molecule has 0 saturated heterocycles. The Hall–Kier alpha value is -4.41. The maximum atomic E-state index is 13.5. The highest BCUT2D eigenvalue weighted by Gasteiger charge is 2.19. The van der Waals surface area contributed by atoms with Gasteiger partial charge < -0.3 is 10.1 Å². The topological polar surface area (TPSA) is 84.1 Å². The Morgan fingerprint density at radius 3 is 2.31 bits per heavy atom. The molecule has 6 nitrogen and oxygen atoms in total. The third kappa shape index (κ3) is 5.45. The molecular formula is C29H25N3O3S. The first-order valence-corrected chi connectivity index (χ1v) is 12.4. The lowest BCUT2D eigenvalue weighted by Gasteiger charge is -2.13. The third-order valence-corrected chi connectivity index (χ3v) is 6.62. The smallest absolute Gasteiger partial charge is 0.273 e. The minimum atomic E-state index is -0.535. The summed E-state index contributed by atoms with van der Waals surface area (Å²) in [5.41, 5.74) is 1.89. The SMILES string of the molecule is CCOc1ccc(/C=c2/s/c(=C(/C#N)C(=O)NC(C)c3ccccc3)n(-c3ccccc3)c2=O)cc1. The van der Waals surface area contributed by atoms with Crippen LogP contribution in [0.25, 0.3) is 17.3 Å². The Morgan fingerprint density at radius 1 is 1.06 bits per heavy atom. The zero-order valence-corrected chi connectivity index (χ0v) is 20.8. The Morgan fingerprint density at radius 2 is 1.69 bits per heavy atom. The summed E-state index contributed by atoms with van der Waals surface area (Å²) in [5.74, 6) is 0.208. The number of nitrogens with one attached hydrogen (secondary N) is 1. The molecule has 0 radical (unpaired) electrons. The van der Waals surface area contributed by atoms with Gasteiger partial charge in [0.1, 0.15) is 16.5 Å². The van der Waals surface area contributed by atoms with Crippen molar-refractivity contribution in [3.63, 3.8) is 0 Å². The fourth-order valence-electron chi connectivity index (χ4n) is 3.73. The number of nitrogens with zero attached hydrogens (tertiary/aromatic N) is 2. The normalized spacial score (nSPS) is 13.0. The minimum absolute atomic E-state index is 0.116. The Labute approximate surface area is 213 Å². The van der Waals surface area contributed by atoms with Gasteiger partial charge in [-0.05, 0) is 55.3 Å². The molecule has 1 atom stereocenters. The predicted molar refractivity (Wildman–Crippen MR) is 142 cm³/mol. The Balaban J connectivity index is 1.85. The lowest BCUT2D eigenvalue weighted by Crippen LogP contribution is -2.34. The molecule has 1 amide bonds. The van der Waals surface area contributed by atoms with E-state index in [-0.39, 0.29) is 21.8 Å². The first-order chi connectivity index (χ1) is 17.5. The molecule has 4 aromatic rings. The monoisotopic (exact) mass is 495 g/mol. The van der Waals surface area contributed by atoms with Gasteiger partial charge in [-0.3, -0.25) is 14.2 Å². The maximum absolute atomic E-state index is 13.5. The summed E-state index contributed by atoms with van der Waals surface area (Å²) in [4.78, 5) is 26.7. The Bertz CT molecular complexity index is 1570. The van der Waals surface area contributed by atoms with Crippen molar-refractivity contribution in [2.24, 2.45) is 0 Å². The highest BCUT2D eigenvalue weighted by atomic mass is 32.1. The molecule has 1 unspecified atom stereocenters. The molecule has 0 aliphatic heterocycles. The van der Waals surface area contributed by atoms with Gasteiger partial charge in [-0.25, -0.2) is 0 Å². The van der Waals surface area contributed by atoms with E-state index in [9.17, 15) is 14.9 Å². The van der Waals surface area contributed by atoms with Gasteiger partial charge in [0.2, 0.25) is 0 Å². The molecule has 3 aromatic carbocycles. The standard InChI is InChI=1S/C29H25N3O3S/c1-3-35-24-16-14-21(15-17-24)18-26-28(34)32(23-12-8-5-9-13-23)29(36-26)25(19-30)27(33)31-20(2)22-10-6-4-7-11-22/h4-18,20H,3H2,1-2H3,(H,31,33)/b26-18+,29-25-. The van der Waals surface area contributed by atoms with Gasteiger partial charge in [-0.2, -0.15) is 5.26 Å². The summed E-state index contributed by atoms with van der Waals surface area (Å²) >= 11 is 1.12. The first-order valence-electron chi connectivity index (χ1n) is 11.5. The highest BCUT2D eigenvalue weighted by molar-refractivity contribution is 7.07. The number of carbonyl (C=O) groups excluding carboxylic acids is 1. The molecule has 36 heavy (non-hydrogen) atoms. The number of hydrogen-bond donors (Lipinski definition) is 1. The zero-order chi connectivity index (χ0) is 25.5. The second-order valence-corrected chi connectivity index (χ2v) is 9.02. The molecule has 1 heterocycles. The van der Waals surface area contributed by atoms with Gasteiger partial charge in [-0.1, -0.05) is 60.7 Å². The molecule has 4 rings (SSSR count). The second-order valence-electron chi connectivity index (χ2n) is 7.99. The highest BCUT2D eigenvalue weighted by Crippen LogP contribution is 2.14. The number of carbonyl (C=O) groups is 1. The molecule has 0 aliphatic carbocycles. The fourth-order valence-corrected chi connectivity index (χ4v) is 4.83. The summed E-state index contributed by atoms with van der Waals surface area (Å²) in [6.07, 6.45) is 1.76. The van der Waals surface area contributed by atoms with E-state index in [2.05, 4.69) is 5.32 Å². The van der Waals surface area contributed by atoms with Gasteiger partial charge in [-0.15, -0.1) is 11.3 Å². The molecular weight excluding hydrogens is 470 g/mol. The van der Waals surface area contributed by atoms with E-state index >= 15 is 0 Å². The number of rotatable bonds is 7. The van der Waals surface area contributed by atoms with Gasteiger partial charge in [0.05, 0.1) is 22.9 Å². The van der Waals surface area contributed by atoms with Crippen LogP contribution in [0.4, 0.5) is 0 Å². The number of hydrogen-bond acceptors (Lipinski definition) is 5. The van der Waals surface area contributed by atoms with Gasteiger partial charge in [0, 0.05) is 0 Å². The number of benzene rings is 3. The van der Waals surface area contributed by atoms with Crippen LogP contribution in [0.15, 0.2) is 89.7 Å². The van der Waals surface area contributed by atoms with E-state index in [4.69, 9.17) is 4.74 Å². The van der Waals surface area contributed by atoms with Crippen LogP contribution in [0.3, 0.4) is 0 Å². The number of para-hydroxylation sites is 1. The number of aromatic nitrogens is 1. The van der Waals surface area contributed by atoms with Crippen molar-refractivity contribution >= 4 is 28.9 Å². The maximum Gasteiger partial charge on any atom is 0.273 e. The lowest BCUT2D eigenvalue weighted by molar-refractivity contribution is -0.116. The number of amides is 1. The average molecular weight is 496 g/mol. The molecule has 0 saturated carbocycles. The second kappa shape index (κ2) is 11.3. The lowest BCUT2D eigenvalue weighted by atomic mass is 10.1. The third-order valence-electron chi connectivity index (χ3n) is 5.53. The molecule has 7 heteroatoms. The molecule has 0 bridgehead atoms. The summed E-state index contributed by atoms with van der Waals surface area (Å²) < 4.78 is 7.61. The van der Waals surface area contributed by atoms with Crippen LogP contribution in [0.5, 0.6) is 5.75 Å². The van der Waals surface area contributed by atoms with Crippen molar-refractivity contribution < 1.29 is 9.53 Å². The molecule has 0 aliphatic rings. The van der Waals surface area contributed by atoms with Crippen LogP contribution >= 0.6 is 11.3 Å². The van der Waals surface area contributed by atoms with E-state index in [0.29, 0.717) is 16.8 Å². The quantitative estimate of drug-likeness (QED) is 0.424. The van der Waals surface area contributed by atoms with Crippen molar-refractivity contribution in [3.8, 4) is 17.5 Å². The zero-order valence-electron chi connectivity index (χ0n) is 20.0. The number of ether oxygens (including phenoxy) is 1. The van der Waals surface area contributed by atoms with Gasteiger partial charge >= 0.3 is 0 Å². The van der Waals surface area contributed by atoms with Crippen molar-refractivity contribution in [1.82, 2.24) is 9.88 Å². The fraction of sp³-hybridized carbons (Fsp3) is 0.138. The molecule has 0 spiro atoms. The van der Waals surface area contributed by atoms with E-state index in [0.717, 1.165) is 28.2 Å². The molecule has 1 aromatic heterocycles. The van der Waals surface area contributed by atoms with Gasteiger partial charge in [0.25, 0.3) is 11.5 Å². The predicted octanol–water partition coefficient (Wildman–Crippen LogP) is 3.68. The van der Waals surface area contributed by atoms with Crippen molar-refractivity contribution in [2.75, 3.05) is 6.61 Å². The Kier molecular flexibility index (Phi) is 7.79. The van der Waals surface area contributed by atoms with E-state index in [1.807, 2.05) is 92.7 Å². The number of thiazole rings is 1. The summed E-state index contributed by atoms with van der Waals surface area (Å²) in [6.45, 7) is 4.34. The van der Waals surface area contributed by atoms with Crippen molar-refractivity contribution in [3.05, 3.63) is 116 Å². The summed E-state index contributed by atoms with van der Waals surface area (Å²) in [7, 11) is 0. The molecule has 180 valence electrons. The summed E-state index contributed by atoms with van der Waals surface area (Å²) in [6, 6.07) is 27.6. The molecule has 0 fully saturated rings.